The summed E-state index contributed by atoms with van der Waals surface area (Å²) in [5.74, 6) is 0. The van der Waals surface area contributed by atoms with E-state index in [1.165, 1.54) is 16.7 Å². The van der Waals surface area contributed by atoms with Gasteiger partial charge in [0.05, 0.1) is 0 Å². The van der Waals surface area contributed by atoms with E-state index in [-0.39, 0.29) is 5.54 Å². The Balaban J connectivity index is 2.34. The molecule has 0 unspecified atom stereocenters. The minimum atomic E-state index is -0.172. The molecule has 1 aromatic rings. The van der Waals surface area contributed by atoms with Crippen LogP contribution in [-0.2, 0) is 10.3 Å². The average molecular weight is 205 g/mol. The molecule has 2 rings (SSSR count). The van der Waals surface area contributed by atoms with Gasteiger partial charge in [0.25, 0.3) is 0 Å². The molecule has 0 spiro atoms. The first-order chi connectivity index (χ1) is 7.10. The Kier molecular flexibility index (Phi) is 2.81. The Morgan fingerprint density at radius 3 is 2.13 bits per heavy atom. The second kappa shape index (κ2) is 3.95. The molecule has 1 fully saturated rings. The van der Waals surface area contributed by atoms with Crippen molar-refractivity contribution in [3.05, 3.63) is 34.9 Å². The van der Waals surface area contributed by atoms with Crippen LogP contribution in [0.25, 0.3) is 0 Å². The molecule has 1 aliphatic rings. The predicted octanol–water partition coefficient (Wildman–Crippen LogP) is 2.27. The number of nitrogens with two attached hydrogens (primary N) is 1. The summed E-state index contributed by atoms with van der Waals surface area (Å²) in [6.07, 6.45) is 1.85. The minimum Gasteiger partial charge on any atom is -0.381 e. The molecule has 82 valence electrons. The summed E-state index contributed by atoms with van der Waals surface area (Å²) in [7, 11) is 0. The molecule has 0 radical (unpaired) electrons. The molecule has 1 heterocycles. The molecule has 0 amide bonds. The third-order valence-electron chi connectivity index (χ3n) is 3.18. The summed E-state index contributed by atoms with van der Waals surface area (Å²) in [5.41, 5.74) is 10.1. The smallest absolute Gasteiger partial charge is 0.0486 e. The van der Waals surface area contributed by atoms with Gasteiger partial charge < -0.3 is 10.5 Å². The zero-order chi connectivity index (χ0) is 10.9. The fourth-order valence-corrected chi connectivity index (χ4v) is 2.29. The molecule has 1 aromatic carbocycles. The second-order valence-corrected chi connectivity index (χ2v) is 4.64. The Morgan fingerprint density at radius 2 is 1.60 bits per heavy atom. The van der Waals surface area contributed by atoms with Gasteiger partial charge in [-0.2, -0.15) is 0 Å². The first-order valence-electron chi connectivity index (χ1n) is 5.56. The highest BCUT2D eigenvalue weighted by Gasteiger charge is 2.29. The van der Waals surface area contributed by atoms with Crippen LogP contribution in [0, 0.1) is 13.8 Å². The van der Waals surface area contributed by atoms with E-state index in [4.69, 9.17) is 10.5 Å². The highest BCUT2D eigenvalue weighted by atomic mass is 16.5. The van der Waals surface area contributed by atoms with Crippen molar-refractivity contribution < 1.29 is 4.74 Å². The van der Waals surface area contributed by atoms with Crippen LogP contribution < -0.4 is 5.73 Å². The van der Waals surface area contributed by atoms with Crippen LogP contribution >= 0.6 is 0 Å². The zero-order valence-corrected chi connectivity index (χ0v) is 9.55. The van der Waals surface area contributed by atoms with Crippen LogP contribution in [-0.4, -0.2) is 13.2 Å². The normalized spacial score (nSPS) is 20.2. The fraction of sp³-hybridized carbons (Fsp3) is 0.538. The molecular formula is C13H19NO. The molecule has 0 atom stereocenters. The number of rotatable bonds is 1. The van der Waals surface area contributed by atoms with Gasteiger partial charge in [0.2, 0.25) is 0 Å². The fourth-order valence-electron chi connectivity index (χ4n) is 2.29. The maximum absolute atomic E-state index is 6.44. The molecule has 0 bridgehead atoms. The molecule has 2 heteroatoms. The average Bonchev–Trinajstić information content (AvgIpc) is 2.17. The van der Waals surface area contributed by atoms with E-state index in [0.717, 1.165) is 26.1 Å². The first-order valence-corrected chi connectivity index (χ1v) is 5.56. The van der Waals surface area contributed by atoms with Crippen molar-refractivity contribution in [2.24, 2.45) is 5.73 Å². The SMILES string of the molecule is Cc1cc(C)cc(C2(N)CCOCC2)c1. The van der Waals surface area contributed by atoms with Crippen molar-refractivity contribution in [1.82, 2.24) is 0 Å². The summed E-state index contributed by atoms with van der Waals surface area (Å²) in [5, 5.41) is 0. The summed E-state index contributed by atoms with van der Waals surface area (Å²) < 4.78 is 5.37. The Morgan fingerprint density at radius 1 is 1.07 bits per heavy atom. The van der Waals surface area contributed by atoms with Crippen LogP contribution in [0.5, 0.6) is 0 Å². The van der Waals surface area contributed by atoms with Crippen molar-refractivity contribution in [1.29, 1.82) is 0 Å². The summed E-state index contributed by atoms with van der Waals surface area (Å²) in [6.45, 7) is 5.81. The highest BCUT2D eigenvalue weighted by Crippen LogP contribution is 2.30. The third kappa shape index (κ3) is 2.21. The van der Waals surface area contributed by atoms with Crippen molar-refractivity contribution in [2.45, 2.75) is 32.2 Å². The molecule has 15 heavy (non-hydrogen) atoms. The lowest BCUT2D eigenvalue weighted by atomic mass is 9.82. The van der Waals surface area contributed by atoms with Gasteiger partial charge in [-0.3, -0.25) is 0 Å². The molecule has 0 saturated carbocycles. The quantitative estimate of drug-likeness (QED) is 0.763. The third-order valence-corrected chi connectivity index (χ3v) is 3.18. The van der Waals surface area contributed by atoms with Crippen molar-refractivity contribution in [3.63, 3.8) is 0 Å². The predicted molar refractivity (Wildman–Crippen MR) is 61.8 cm³/mol. The van der Waals surface area contributed by atoms with Crippen molar-refractivity contribution in [3.8, 4) is 0 Å². The number of hydrogen-bond acceptors (Lipinski definition) is 2. The van der Waals surface area contributed by atoms with E-state index in [1.54, 1.807) is 0 Å². The van der Waals surface area contributed by atoms with Crippen LogP contribution in [0.2, 0.25) is 0 Å². The molecule has 1 aliphatic heterocycles. The standard InChI is InChI=1S/C13H19NO/c1-10-7-11(2)9-12(8-10)13(14)3-5-15-6-4-13/h7-9H,3-6,14H2,1-2H3. The van der Waals surface area contributed by atoms with Gasteiger partial charge in [0.1, 0.15) is 0 Å². The molecule has 1 saturated heterocycles. The summed E-state index contributed by atoms with van der Waals surface area (Å²) in [6, 6.07) is 6.60. The largest absolute Gasteiger partial charge is 0.381 e. The van der Waals surface area contributed by atoms with Crippen LogP contribution in [0.4, 0.5) is 0 Å². The van der Waals surface area contributed by atoms with Gasteiger partial charge in [-0.1, -0.05) is 29.3 Å². The maximum Gasteiger partial charge on any atom is 0.0486 e. The number of hydrogen-bond donors (Lipinski definition) is 1. The molecular weight excluding hydrogens is 186 g/mol. The topological polar surface area (TPSA) is 35.2 Å². The van der Waals surface area contributed by atoms with Gasteiger partial charge in [-0.05, 0) is 32.3 Å². The Hall–Kier alpha value is -0.860. The van der Waals surface area contributed by atoms with E-state index >= 15 is 0 Å². The van der Waals surface area contributed by atoms with E-state index in [9.17, 15) is 0 Å². The van der Waals surface area contributed by atoms with E-state index < -0.39 is 0 Å². The Bertz CT molecular complexity index is 333. The lowest BCUT2D eigenvalue weighted by molar-refractivity contribution is 0.0522. The molecule has 0 aliphatic carbocycles. The van der Waals surface area contributed by atoms with Gasteiger partial charge in [-0.15, -0.1) is 0 Å². The van der Waals surface area contributed by atoms with Gasteiger partial charge >= 0.3 is 0 Å². The van der Waals surface area contributed by atoms with Crippen LogP contribution in [0.3, 0.4) is 0 Å². The molecule has 2 N–H and O–H groups in total. The van der Waals surface area contributed by atoms with E-state index in [1.807, 2.05) is 0 Å². The Labute approximate surface area is 91.4 Å². The lowest BCUT2D eigenvalue weighted by Gasteiger charge is -2.34. The number of aryl methyl sites for hydroxylation is 2. The second-order valence-electron chi connectivity index (χ2n) is 4.64. The van der Waals surface area contributed by atoms with Gasteiger partial charge in [0.15, 0.2) is 0 Å². The van der Waals surface area contributed by atoms with E-state index in [2.05, 4.69) is 32.0 Å². The highest BCUT2D eigenvalue weighted by molar-refractivity contribution is 5.33. The molecule has 2 nitrogen and oxygen atoms in total. The number of benzene rings is 1. The number of ether oxygens (including phenoxy) is 1. The van der Waals surface area contributed by atoms with Crippen LogP contribution in [0.15, 0.2) is 18.2 Å². The van der Waals surface area contributed by atoms with E-state index in [0.29, 0.717) is 0 Å². The summed E-state index contributed by atoms with van der Waals surface area (Å²) in [4.78, 5) is 0. The monoisotopic (exact) mass is 205 g/mol. The van der Waals surface area contributed by atoms with Gasteiger partial charge in [-0.25, -0.2) is 0 Å². The van der Waals surface area contributed by atoms with Crippen LogP contribution in [0.1, 0.15) is 29.5 Å². The minimum absolute atomic E-state index is 0.172. The van der Waals surface area contributed by atoms with Gasteiger partial charge in [0, 0.05) is 18.8 Å². The van der Waals surface area contributed by atoms with Crippen molar-refractivity contribution >= 4 is 0 Å². The maximum atomic E-state index is 6.44. The summed E-state index contributed by atoms with van der Waals surface area (Å²) >= 11 is 0. The molecule has 0 aromatic heterocycles. The van der Waals surface area contributed by atoms with Crippen molar-refractivity contribution in [2.75, 3.05) is 13.2 Å². The lowest BCUT2D eigenvalue weighted by Crippen LogP contribution is -2.42. The first kappa shape index (κ1) is 10.7. The zero-order valence-electron chi connectivity index (χ0n) is 9.55.